The van der Waals surface area contributed by atoms with Crippen LogP contribution in [0.4, 0.5) is 5.82 Å². The fourth-order valence-corrected chi connectivity index (χ4v) is 2.13. The van der Waals surface area contributed by atoms with Crippen molar-refractivity contribution in [3.8, 4) is 11.5 Å². The van der Waals surface area contributed by atoms with Gasteiger partial charge < -0.3 is 19.3 Å². The minimum atomic E-state index is -0.213. The molecule has 1 aromatic heterocycles. The Morgan fingerprint density at radius 1 is 1.27 bits per heavy atom. The van der Waals surface area contributed by atoms with E-state index in [1.165, 1.54) is 0 Å². The van der Waals surface area contributed by atoms with E-state index in [0.29, 0.717) is 29.5 Å². The molecule has 0 aliphatic carbocycles. The Morgan fingerprint density at radius 3 is 2.59 bits per heavy atom. The lowest BCUT2D eigenvalue weighted by Crippen LogP contribution is -2.22. The number of hydrogen-bond donors (Lipinski definition) is 1. The summed E-state index contributed by atoms with van der Waals surface area (Å²) >= 11 is 0. The number of aryl methyl sites for hydroxylation is 1. The third-order valence-electron chi connectivity index (χ3n) is 3.32. The summed E-state index contributed by atoms with van der Waals surface area (Å²) in [5.41, 5.74) is 0.997. The molecule has 1 unspecified atom stereocenters. The van der Waals surface area contributed by atoms with Gasteiger partial charge in [-0.25, -0.2) is 0 Å². The van der Waals surface area contributed by atoms with Crippen molar-refractivity contribution in [2.75, 3.05) is 19.5 Å². The minimum absolute atomic E-state index is 0.108. The van der Waals surface area contributed by atoms with Crippen LogP contribution in [0.3, 0.4) is 0 Å². The lowest BCUT2D eigenvalue weighted by atomic mass is 10.00. The summed E-state index contributed by atoms with van der Waals surface area (Å²) in [7, 11) is 3.18. The SMILES string of the molecule is COc1ccc(CC(C)C(=O)Nc2cc(C)on2)cc1OC. The van der Waals surface area contributed by atoms with Crippen molar-refractivity contribution in [2.45, 2.75) is 20.3 Å². The average molecular weight is 304 g/mol. The van der Waals surface area contributed by atoms with E-state index in [2.05, 4.69) is 10.5 Å². The molecule has 1 atom stereocenters. The monoisotopic (exact) mass is 304 g/mol. The number of rotatable bonds is 6. The lowest BCUT2D eigenvalue weighted by molar-refractivity contribution is -0.119. The largest absolute Gasteiger partial charge is 0.493 e. The summed E-state index contributed by atoms with van der Waals surface area (Å²) in [6.07, 6.45) is 0.586. The first-order chi connectivity index (χ1) is 10.5. The van der Waals surface area contributed by atoms with Crippen LogP contribution in [0.15, 0.2) is 28.8 Å². The molecule has 0 aliphatic rings. The van der Waals surface area contributed by atoms with Gasteiger partial charge in [-0.3, -0.25) is 4.79 Å². The zero-order chi connectivity index (χ0) is 16.1. The summed E-state index contributed by atoms with van der Waals surface area (Å²) in [6, 6.07) is 7.31. The number of carbonyl (C=O) groups is 1. The summed E-state index contributed by atoms with van der Waals surface area (Å²) in [5.74, 6) is 2.09. The number of aromatic nitrogens is 1. The second kappa shape index (κ2) is 6.98. The smallest absolute Gasteiger partial charge is 0.228 e. The highest BCUT2D eigenvalue weighted by Crippen LogP contribution is 2.28. The second-order valence-electron chi connectivity index (χ2n) is 5.11. The van der Waals surface area contributed by atoms with E-state index in [4.69, 9.17) is 14.0 Å². The molecule has 0 bridgehead atoms. The van der Waals surface area contributed by atoms with Crippen LogP contribution in [0.2, 0.25) is 0 Å². The molecule has 1 amide bonds. The predicted molar refractivity (Wildman–Crippen MR) is 82.3 cm³/mol. The van der Waals surface area contributed by atoms with Crippen LogP contribution in [0.5, 0.6) is 11.5 Å². The highest BCUT2D eigenvalue weighted by molar-refractivity contribution is 5.91. The van der Waals surface area contributed by atoms with E-state index in [0.717, 1.165) is 5.56 Å². The van der Waals surface area contributed by atoms with Crippen molar-refractivity contribution in [1.82, 2.24) is 5.16 Å². The molecule has 6 nitrogen and oxygen atoms in total. The molecule has 22 heavy (non-hydrogen) atoms. The van der Waals surface area contributed by atoms with Crippen LogP contribution in [-0.4, -0.2) is 25.3 Å². The van der Waals surface area contributed by atoms with E-state index < -0.39 is 0 Å². The van der Waals surface area contributed by atoms with Gasteiger partial charge in [-0.15, -0.1) is 0 Å². The Bertz CT molecular complexity index is 651. The number of carbonyl (C=O) groups excluding carboxylic acids is 1. The standard InChI is InChI=1S/C16H20N2O4/c1-10(16(19)17-15-8-11(2)22-18-15)7-12-5-6-13(20-3)14(9-12)21-4/h5-6,8-10H,7H2,1-4H3,(H,17,18,19). The van der Waals surface area contributed by atoms with Crippen LogP contribution < -0.4 is 14.8 Å². The Kier molecular flexibility index (Phi) is 5.04. The molecule has 0 radical (unpaired) electrons. The molecule has 1 heterocycles. The van der Waals surface area contributed by atoms with Crippen LogP contribution in [0, 0.1) is 12.8 Å². The van der Waals surface area contributed by atoms with Crippen LogP contribution in [0.25, 0.3) is 0 Å². The number of benzene rings is 1. The van der Waals surface area contributed by atoms with Crippen molar-refractivity contribution in [2.24, 2.45) is 5.92 Å². The number of nitrogens with zero attached hydrogens (tertiary/aromatic N) is 1. The molecule has 6 heteroatoms. The normalized spacial score (nSPS) is 11.8. The molecule has 0 fully saturated rings. The first-order valence-electron chi connectivity index (χ1n) is 6.98. The van der Waals surface area contributed by atoms with Crippen molar-refractivity contribution in [3.05, 3.63) is 35.6 Å². The average Bonchev–Trinajstić information content (AvgIpc) is 2.92. The van der Waals surface area contributed by atoms with E-state index >= 15 is 0 Å². The van der Waals surface area contributed by atoms with Crippen molar-refractivity contribution in [1.29, 1.82) is 0 Å². The zero-order valence-electron chi connectivity index (χ0n) is 13.2. The maximum absolute atomic E-state index is 12.2. The van der Waals surface area contributed by atoms with E-state index in [1.54, 1.807) is 27.2 Å². The van der Waals surface area contributed by atoms with Crippen molar-refractivity contribution >= 4 is 11.7 Å². The van der Waals surface area contributed by atoms with Gasteiger partial charge in [-0.2, -0.15) is 0 Å². The Balaban J connectivity index is 2.01. The molecule has 0 saturated carbocycles. The maximum Gasteiger partial charge on any atom is 0.228 e. The summed E-state index contributed by atoms with van der Waals surface area (Å²) in [4.78, 5) is 12.2. The minimum Gasteiger partial charge on any atom is -0.493 e. The van der Waals surface area contributed by atoms with Gasteiger partial charge in [0, 0.05) is 12.0 Å². The number of hydrogen-bond acceptors (Lipinski definition) is 5. The van der Waals surface area contributed by atoms with Crippen LogP contribution in [-0.2, 0) is 11.2 Å². The second-order valence-corrected chi connectivity index (χ2v) is 5.11. The highest BCUT2D eigenvalue weighted by atomic mass is 16.5. The quantitative estimate of drug-likeness (QED) is 0.888. The third-order valence-corrected chi connectivity index (χ3v) is 3.32. The van der Waals surface area contributed by atoms with E-state index in [-0.39, 0.29) is 11.8 Å². The van der Waals surface area contributed by atoms with Gasteiger partial charge >= 0.3 is 0 Å². The Labute approximate surface area is 129 Å². The van der Waals surface area contributed by atoms with Gasteiger partial charge in [0.2, 0.25) is 5.91 Å². The summed E-state index contributed by atoms with van der Waals surface area (Å²) < 4.78 is 15.4. The van der Waals surface area contributed by atoms with Crippen molar-refractivity contribution in [3.63, 3.8) is 0 Å². The van der Waals surface area contributed by atoms with Gasteiger partial charge in [0.05, 0.1) is 14.2 Å². The van der Waals surface area contributed by atoms with Crippen LogP contribution in [0.1, 0.15) is 18.2 Å². The molecule has 118 valence electrons. The van der Waals surface area contributed by atoms with Gasteiger partial charge in [0.25, 0.3) is 0 Å². The fourth-order valence-electron chi connectivity index (χ4n) is 2.13. The molecule has 1 N–H and O–H groups in total. The number of methoxy groups -OCH3 is 2. The molecule has 0 saturated heterocycles. The number of nitrogens with one attached hydrogen (secondary N) is 1. The first kappa shape index (κ1) is 15.9. The Morgan fingerprint density at radius 2 is 2.00 bits per heavy atom. The topological polar surface area (TPSA) is 73.6 Å². The Hall–Kier alpha value is -2.50. The first-order valence-corrected chi connectivity index (χ1v) is 6.98. The summed E-state index contributed by atoms with van der Waals surface area (Å²) in [6.45, 7) is 3.63. The lowest BCUT2D eigenvalue weighted by Gasteiger charge is -2.13. The molecule has 0 aliphatic heterocycles. The third kappa shape index (κ3) is 3.78. The van der Waals surface area contributed by atoms with Gasteiger partial charge in [-0.1, -0.05) is 18.1 Å². The molecular weight excluding hydrogens is 284 g/mol. The number of amides is 1. The van der Waals surface area contributed by atoms with Crippen LogP contribution >= 0.6 is 0 Å². The maximum atomic E-state index is 12.2. The molecule has 2 aromatic rings. The number of ether oxygens (including phenoxy) is 2. The highest BCUT2D eigenvalue weighted by Gasteiger charge is 2.16. The number of anilines is 1. The van der Waals surface area contributed by atoms with Gasteiger partial charge in [0.1, 0.15) is 5.76 Å². The summed E-state index contributed by atoms with van der Waals surface area (Å²) in [5, 5.41) is 6.49. The fraction of sp³-hybridized carbons (Fsp3) is 0.375. The predicted octanol–water partition coefficient (Wildman–Crippen LogP) is 2.82. The van der Waals surface area contributed by atoms with E-state index in [1.807, 2.05) is 25.1 Å². The molecule has 1 aromatic carbocycles. The zero-order valence-corrected chi connectivity index (χ0v) is 13.2. The molecular formula is C16H20N2O4. The van der Waals surface area contributed by atoms with Gasteiger partial charge in [-0.05, 0) is 31.0 Å². The molecule has 2 rings (SSSR count). The van der Waals surface area contributed by atoms with E-state index in [9.17, 15) is 4.79 Å². The van der Waals surface area contributed by atoms with Gasteiger partial charge in [0.15, 0.2) is 17.3 Å². The molecule has 0 spiro atoms. The van der Waals surface area contributed by atoms with Crippen molar-refractivity contribution < 1.29 is 18.8 Å².